The molecule has 9 heteroatoms. The molecular weight excluding hydrogens is 358 g/mol. The van der Waals surface area contributed by atoms with E-state index in [1.54, 1.807) is 23.1 Å². The zero-order valence-corrected chi connectivity index (χ0v) is 15.9. The quantitative estimate of drug-likeness (QED) is 0.718. The van der Waals surface area contributed by atoms with Gasteiger partial charge in [0.1, 0.15) is 0 Å². The Hall–Kier alpha value is -2.13. The third kappa shape index (κ3) is 4.95. The van der Waals surface area contributed by atoms with Gasteiger partial charge in [-0.1, -0.05) is 6.07 Å². The van der Waals surface area contributed by atoms with E-state index in [0.29, 0.717) is 19.5 Å². The molecule has 144 valence electrons. The van der Waals surface area contributed by atoms with Crippen molar-refractivity contribution >= 4 is 22.0 Å². The largest absolute Gasteiger partial charge is 0.481 e. The normalized spacial score (nSPS) is 15.7. The number of rotatable bonds is 6. The summed E-state index contributed by atoms with van der Waals surface area (Å²) in [6.45, 7) is 5.16. The molecule has 2 N–H and O–H groups in total. The molecule has 2 amide bonds. The summed E-state index contributed by atoms with van der Waals surface area (Å²) >= 11 is 0. The van der Waals surface area contributed by atoms with Crippen molar-refractivity contribution in [1.29, 1.82) is 0 Å². The number of hydrogen-bond acceptors (Lipinski definition) is 4. The van der Waals surface area contributed by atoms with E-state index in [0.717, 1.165) is 11.1 Å². The number of aryl methyl sites for hydroxylation is 2. The van der Waals surface area contributed by atoms with Crippen molar-refractivity contribution in [2.45, 2.75) is 31.6 Å². The molecule has 1 saturated heterocycles. The number of piperazine rings is 1. The fourth-order valence-corrected chi connectivity index (χ4v) is 4.21. The lowest BCUT2D eigenvalue weighted by atomic mass is 10.1. The van der Waals surface area contributed by atoms with Crippen LogP contribution in [0, 0.1) is 13.8 Å². The average molecular weight is 383 g/mol. The molecule has 0 unspecified atom stereocenters. The predicted octanol–water partition coefficient (Wildman–Crippen LogP) is 1.18. The van der Waals surface area contributed by atoms with E-state index < -0.39 is 16.0 Å². The molecule has 1 aromatic carbocycles. The number of aliphatic carboxylic acids is 1. The first-order valence-corrected chi connectivity index (χ1v) is 9.98. The third-order valence-corrected chi connectivity index (χ3v) is 6.38. The van der Waals surface area contributed by atoms with Crippen molar-refractivity contribution in [3.63, 3.8) is 0 Å². The predicted molar refractivity (Wildman–Crippen MR) is 96.5 cm³/mol. The van der Waals surface area contributed by atoms with Crippen LogP contribution in [0.1, 0.15) is 24.0 Å². The number of carboxylic acids is 1. The van der Waals surface area contributed by atoms with Gasteiger partial charge in [0.25, 0.3) is 0 Å². The highest BCUT2D eigenvalue weighted by molar-refractivity contribution is 7.89. The van der Waals surface area contributed by atoms with Gasteiger partial charge in [-0.3, -0.25) is 4.79 Å². The van der Waals surface area contributed by atoms with Crippen LogP contribution in [0.4, 0.5) is 4.79 Å². The molecular formula is C17H25N3O5S. The molecule has 0 spiro atoms. The van der Waals surface area contributed by atoms with Gasteiger partial charge in [0, 0.05) is 39.1 Å². The average Bonchev–Trinajstić information content (AvgIpc) is 2.60. The first kappa shape index (κ1) is 20.2. The minimum Gasteiger partial charge on any atom is -0.481 e. The smallest absolute Gasteiger partial charge is 0.317 e. The number of carboxylic acid groups (broad SMARTS) is 1. The van der Waals surface area contributed by atoms with Gasteiger partial charge in [-0.15, -0.1) is 0 Å². The number of hydrogen-bond donors (Lipinski definition) is 2. The van der Waals surface area contributed by atoms with Gasteiger partial charge in [0.15, 0.2) is 0 Å². The van der Waals surface area contributed by atoms with Crippen LogP contribution in [0.2, 0.25) is 0 Å². The van der Waals surface area contributed by atoms with Crippen molar-refractivity contribution in [2.24, 2.45) is 0 Å². The second-order valence-electron chi connectivity index (χ2n) is 6.37. The summed E-state index contributed by atoms with van der Waals surface area (Å²) < 4.78 is 26.9. The van der Waals surface area contributed by atoms with E-state index in [1.165, 1.54) is 4.31 Å². The molecule has 26 heavy (non-hydrogen) atoms. The Bertz CT molecular complexity index is 771. The standard InChI is InChI=1S/C17H25N3O5S/c1-13-5-6-15(12-14(13)2)26(24,25)20-10-8-19(9-11-20)17(23)18-7-3-4-16(21)22/h5-6,12H,3-4,7-11H2,1-2H3,(H,18,23)(H,21,22). The van der Waals surface area contributed by atoms with Gasteiger partial charge in [0.05, 0.1) is 4.90 Å². The van der Waals surface area contributed by atoms with Gasteiger partial charge in [-0.2, -0.15) is 4.31 Å². The van der Waals surface area contributed by atoms with E-state index in [9.17, 15) is 18.0 Å². The molecule has 1 fully saturated rings. The summed E-state index contributed by atoms with van der Waals surface area (Å²) in [4.78, 5) is 24.3. The van der Waals surface area contributed by atoms with Gasteiger partial charge >= 0.3 is 12.0 Å². The number of nitrogens with zero attached hydrogens (tertiary/aromatic N) is 2. The van der Waals surface area contributed by atoms with Crippen LogP contribution >= 0.6 is 0 Å². The Kier molecular flexibility index (Phi) is 6.60. The second-order valence-corrected chi connectivity index (χ2v) is 8.30. The number of nitrogens with one attached hydrogen (secondary N) is 1. The van der Waals surface area contributed by atoms with Crippen molar-refractivity contribution in [3.8, 4) is 0 Å². The number of amides is 2. The van der Waals surface area contributed by atoms with Crippen LogP contribution in [0.5, 0.6) is 0 Å². The molecule has 0 radical (unpaired) electrons. The van der Waals surface area contributed by atoms with Gasteiger partial charge in [-0.25, -0.2) is 13.2 Å². The maximum absolute atomic E-state index is 12.8. The second kappa shape index (κ2) is 8.50. The molecule has 0 bridgehead atoms. The van der Waals surface area contributed by atoms with Crippen LogP contribution in [0.3, 0.4) is 0 Å². The van der Waals surface area contributed by atoms with E-state index in [4.69, 9.17) is 5.11 Å². The van der Waals surface area contributed by atoms with Crippen LogP contribution < -0.4 is 5.32 Å². The molecule has 1 aromatic rings. The number of urea groups is 1. The summed E-state index contributed by atoms with van der Waals surface area (Å²) in [5.74, 6) is -0.899. The molecule has 8 nitrogen and oxygen atoms in total. The summed E-state index contributed by atoms with van der Waals surface area (Å²) in [5, 5.41) is 11.2. The monoisotopic (exact) mass is 383 g/mol. The van der Waals surface area contributed by atoms with Gasteiger partial charge in [-0.05, 0) is 43.5 Å². The minimum atomic E-state index is -3.57. The number of benzene rings is 1. The van der Waals surface area contributed by atoms with Crippen LogP contribution in [0.15, 0.2) is 23.1 Å². The van der Waals surface area contributed by atoms with Crippen molar-refractivity contribution in [2.75, 3.05) is 32.7 Å². The topological polar surface area (TPSA) is 107 Å². The first-order chi connectivity index (χ1) is 12.2. The van der Waals surface area contributed by atoms with E-state index >= 15 is 0 Å². The Morgan fingerprint density at radius 1 is 1.12 bits per heavy atom. The van der Waals surface area contributed by atoms with Crippen LogP contribution in [-0.2, 0) is 14.8 Å². The molecule has 0 atom stereocenters. The Balaban J connectivity index is 1.89. The minimum absolute atomic E-state index is 0.00225. The highest BCUT2D eigenvalue weighted by atomic mass is 32.2. The Morgan fingerprint density at radius 3 is 2.35 bits per heavy atom. The summed E-state index contributed by atoms with van der Waals surface area (Å²) in [6, 6.07) is 4.78. The number of carbonyl (C=O) groups excluding carboxylic acids is 1. The number of sulfonamides is 1. The molecule has 2 rings (SSSR count). The maximum atomic E-state index is 12.8. The van der Waals surface area contributed by atoms with Crippen molar-refractivity contribution < 1.29 is 23.1 Å². The Morgan fingerprint density at radius 2 is 1.77 bits per heavy atom. The van der Waals surface area contributed by atoms with E-state index in [-0.39, 0.29) is 37.0 Å². The highest BCUT2D eigenvalue weighted by Crippen LogP contribution is 2.20. The summed E-state index contributed by atoms with van der Waals surface area (Å²) in [5.41, 5.74) is 1.96. The summed E-state index contributed by atoms with van der Waals surface area (Å²) in [6.07, 6.45) is 0.366. The Labute approximate surface area is 153 Å². The molecule has 1 aliphatic heterocycles. The van der Waals surface area contributed by atoms with Crippen molar-refractivity contribution in [3.05, 3.63) is 29.3 Å². The lowest BCUT2D eigenvalue weighted by Gasteiger charge is -2.34. The maximum Gasteiger partial charge on any atom is 0.317 e. The fraction of sp³-hybridized carbons (Fsp3) is 0.529. The van der Waals surface area contributed by atoms with Gasteiger partial charge in [0.2, 0.25) is 10.0 Å². The summed E-state index contributed by atoms with van der Waals surface area (Å²) in [7, 11) is -3.57. The van der Waals surface area contributed by atoms with Crippen LogP contribution in [-0.4, -0.2) is 67.5 Å². The SMILES string of the molecule is Cc1ccc(S(=O)(=O)N2CCN(C(=O)NCCCC(=O)O)CC2)cc1C. The van der Waals surface area contributed by atoms with Crippen LogP contribution in [0.25, 0.3) is 0 Å². The fourth-order valence-electron chi connectivity index (χ4n) is 2.70. The van der Waals surface area contributed by atoms with Gasteiger partial charge < -0.3 is 15.3 Å². The molecule has 1 aliphatic rings. The zero-order valence-electron chi connectivity index (χ0n) is 15.1. The third-order valence-electron chi connectivity index (χ3n) is 4.49. The molecule has 0 saturated carbocycles. The molecule has 0 aliphatic carbocycles. The lowest BCUT2D eigenvalue weighted by Crippen LogP contribution is -2.53. The van der Waals surface area contributed by atoms with E-state index in [2.05, 4.69) is 5.32 Å². The van der Waals surface area contributed by atoms with E-state index in [1.807, 2.05) is 13.8 Å². The van der Waals surface area contributed by atoms with Crippen molar-refractivity contribution in [1.82, 2.24) is 14.5 Å². The molecule has 1 heterocycles. The number of carbonyl (C=O) groups is 2. The zero-order chi connectivity index (χ0) is 19.3. The first-order valence-electron chi connectivity index (χ1n) is 8.54. The highest BCUT2D eigenvalue weighted by Gasteiger charge is 2.30. The lowest BCUT2D eigenvalue weighted by molar-refractivity contribution is -0.137. The molecule has 0 aromatic heterocycles.